The molecule has 0 heterocycles. The number of phenolic OH excluding ortho intramolecular Hbond substituents is 1. The van der Waals surface area contributed by atoms with Crippen LogP contribution in [0.1, 0.15) is 19.3 Å². The molecule has 0 aromatic heterocycles. The van der Waals surface area contributed by atoms with Crippen LogP contribution in [0.3, 0.4) is 0 Å². The number of rotatable bonds is 5. The Morgan fingerprint density at radius 3 is 2.44 bits per heavy atom. The molecule has 0 radical (unpaired) electrons. The third-order valence-corrected chi connectivity index (χ3v) is 3.66. The van der Waals surface area contributed by atoms with Crippen LogP contribution >= 0.6 is 0 Å². The molecule has 88 valence electrons. The first-order valence-corrected chi connectivity index (χ1v) is 5.85. The zero-order valence-electron chi connectivity index (χ0n) is 9.82. The van der Waals surface area contributed by atoms with Gasteiger partial charge in [0.25, 0.3) is 0 Å². The number of phenols is 1. The summed E-state index contributed by atoms with van der Waals surface area (Å²) in [5.74, 6) is 0.317. The van der Waals surface area contributed by atoms with E-state index in [1.807, 2.05) is 12.1 Å². The standard InChI is InChI=1S/C13H20N2O/c1-15(9-8-13(10-14)6-7-13)11-2-4-12(16)5-3-11/h2-5,16H,6-10,14H2,1H3. The Balaban J connectivity index is 1.88. The molecule has 0 spiro atoms. The molecule has 1 aromatic rings. The van der Waals surface area contributed by atoms with E-state index < -0.39 is 0 Å². The van der Waals surface area contributed by atoms with Crippen molar-refractivity contribution in [3.05, 3.63) is 24.3 Å². The molecule has 0 aliphatic heterocycles. The molecule has 3 heteroatoms. The number of hydrogen-bond donors (Lipinski definition) is 2. The molecule has 0 amide bonds. The van der Waals surface area contributed by atoms with Gasteiger partial charge in [0.05, 0.1) is 0 Å². The average molecular weight is 220 g/mol. The van der Waals surface area contributed by atoms with Crippen LogP contribution in [0.15, 0.2) is 24.3 Å². The summed E-state index contributed by atoms with van der Waals surface area (Å²) in [6, 6.07) is 7.33. The van der Waals surface area contributed by atoms with Gasteiger partial charge in [-0.05, 0) is 55.5 Å². The van der Waals surface area contributed by atoms with Crippen LogP contribution in [0.2, 0.25) is 0 Å². The number of aromatic hydroxyl groups is 1. The summed E-state index contributed by atoms with van der Waals surface area (Å²) in [4.78, 5) is 2.22. The molecule has 2 rings (SSSR count). The van der Waals surface area contributed by atoms with Gasteiger partial charge in [-0.15, -0.1) is 0 Å². The second-order valence-corrected chi connectivity index (χ2v) is 4.89. The number of anilines is 1. The Hall–Kier alpha value is -1.22. The van der Waals surface area contributed by atoms with Gasteiger partial charge >= 0.3 is 0 Å². The highest BCUT2D eigenvalue weighted by Gasteiger charge is 2.40. The van der Waals surface area contributed by atoms with E-state index >= 15 is 0 Å². The second kappa shape index (κ2) is 4.34. The minimum absolute atomic E-state index is 0.317. The summed E-state index contributed by atoms with van der Waals surface area (Å²) in [6.07, 6.45) is 3.74. The van der Waals surface area contributed by atoms with Gasteiger partial charge in [-0.25, -0.2) is 0 Å². The molecule has 3 nitrogen and oxygen atoms in total. The van der Waals surface area contributed by atoms with Crippen molar-refractivity contribution in [3.8, 4) is 5.75 Å². The number of nitrogens with zero attached hydrogens (tertiary/aromatic N) is 1. The largest absolute Gasteiger partial charge is 0.508 e. The third-order valence-electron chi connectivity index (χ3n) is 3.66. The molecule has 1 aliphatic rings. The quantitative estimate of drug-likeness (QED) is 0.797. The van der Waals surface area contributed by atoms with Gasteiger partial charge in [0.15, 0.2) is 0 Å². The van der Waals surface area contributed by atoms with Crippen molar-refractivity contribution >= 4 is 5.69 Å². The highest BCUT2D eigenvalue weighted by atomic mass is 16.3. The monoisotopic (exact) mass is 220 g/mol. The SMILES string of the molecule is CN(CCC1(CN)CC1)c1ccc(O)cc1. The Bertz CT molecular complexity index is 343. The van der Waals surface area contributed by atoms with Crippen molar-refractivity contribution in [3.63, 3.8) is 0 Å². The first-order valence-electron chi connectivity index (χ1n) is 5.85. The second-order valence-electron chi connectivity index (χ2n) is 4.89. The minimum Gasteiger partial charge on any atom is -0.508 e. The van der Waals surface area contributed by atoms with Crippen LogP contribution in [0.5, 0.6) is 5.75 Å². The Kier molecular flexibility index (Phi) is 3.06. The van der Waals surface area contributed by atoms with Gasteiger partial charge in [-0.3, -0.25) is 0 Å². The molecule has 0 atom stereocenters. The predicted molar refractivity (Wildman–Crippen MR) is 66.7 cm³/mol. The molecule has 0 bridgehead atoms. The lowest BCUT2D eigenvalue weighted by molar-refractivity contribution is 0.474. The van der Waals surface area contributed by atoms with Crippen LogP contribution in [0.4, 0.5) is 5.69 Å². The summed E-state index contributed by atoms with van der Waals surface area (Å²) in [6.45, 7) is 1.85. The summed E-state index contributed by atoms with van der Waals surface area (Å²) < 4.78 is 0. The summed E-state index contributed by atoms with van der Waals surface area (Å²) >= 11 is 0. The zero-order chi connectivity index (χ0) is 11.6. The lowest BCUT2D eigenvalue weighted by Crippen LogP contribution is -2.25. The van der Waals surface area contributed by atoms with E-state index in [4.69, 9.17) is 5.73 Å². The van der Waals surface area contributed by atoms with Crippen molar-refractivity contribution in [2.45, 2.75) is 19.3 Å². The van der Waals surface area contributed by atoms with Gasteiger partial charge in [-0.1, -0.05) is 0 Å². The van der Waals surface area contributed by atoms with Gasteiger partial charge < -0.3 is 15.7 Å². The fraction of sp³-hybridized carbons (Fsp3) is 0.538. The first kappa shape index (κ1) is 11.3. The molecule has 16 heavy (non-hydrogen) atoms. The van der Waals surface area contributed by atoms with E-state index in [0.29, 0.717) is 11.2 Å². The highest BCUT2D eigenvalue weighted by Crippen LogP contribution is 2.47. The molecule has 3 N–H and O–H groups in total. The molecule has 1 fully saturated rings. The zero-order valence-corrected chi connectivity index (χ0v) is 9.82. The van der Waals surface area contributed by atoms with E-state index in [0.717, 1.165) is 18.8 Å². The molecule has 1 saturated carbocycles. The topological polar surface area (TPSA) is 49.5 Å². The van der Waals surface area contributed by atoms with Crippen molar-refractivity contribution < 1.29 is 5.11 Å². The smallest absolute Gasteiger partial charge is 0.115 e. The number of nitrogens with two attached hydrogens (primary N) is 1. The molecular weight excluding hydrogens is 200 g/mol. The van der Waals surface area contributed by atoms with E-state index in [9.17, 15) is 5.11 Å². The van der Waals surface area contributed by atoms with Crippen molar-refractivity contribution in [1.82, 2.24) is 0 Å². The van der Waals surface area contributed by atoms with Crippen LogP contribution in [0.25, 0.3) is 0 Å². The van der Waals surface area contributed by atoms with Crippen LogP contribution in [-0.2, 0) is 0 Å². The average Bonchev–Trinajstić information content (AvgIpc) is 3.08. The lowest BCUT2D eigenvalue weighted by Gasteiger charge is -2.22. The van der Waals surface area contributed by atoms with E-state index in [1.54, 1.807) is 12.1 Å². The lowest BCUT2D eigenvalue weighted by atomic mass is 10.0. The fourth-order valence-electron chi connectivity index (χ4n) is 1.97. The summed E-state index contributed by atoms with van der Waals surface area (Å²) in [5.41, 5.74) is 7.34. The maximum absolute atomic E-state index is 9.21. The number of hydrogen-bond acceptors (Lipinski definition) is 3. The van der Waals surface area contributed by atoms with E-state index in [1.165, 1.54) is 19.3 Å². The van der Waals surface area contributed by atoms with Gasteiger partial charge in [0.2, 0.25) is 0 Å². The van der Waals surface area contributed by atoms with E-state index in [2.05, 4.69) is 11.9 Å². The van der Waals surface area contributed by atoms with Gasteiger partial charge in [0.1, 0.15) is 5.75 Å². The Labute approximate surface area is 96.9 Å². The maximum Gasteiger partial charge on any atom is 0.115 e. The normalized spacial score (nSPS) is 17.1. The van der Waals surface area contributed by atoms with Crippen molar-refractivity contribution in [2.24, 2.45) is 11.1 Å². The van der Waals surface area contributed by atoms with Gasteiger partial charge in [-0.2, -0.15) is 0 Å². The summed E-state index contributed by atoms with van der Waals surface area (Å²) in [7, 11) is 2.08. The van der Waals surface area contributed by atoms with Gasteiger partial charge in [0, 0.05) is 19.3 Å². The van der Waals surface area contributed by atoms with Crippen molar-refractivity contribution in [2.75, 3.05) is 25.0 Å². The maximum atomic E-state index is 9.21. The van der Waals surface area contributed by atoms with Crippen LogP contribution < -0.4 is 10.6 Å². The molecule has 1 aromatic carbocycles. The third kappa shape index (κ3) is 2.47. The predicted octanol–water partition coefficient (Wildman–Crippen LogP) is 1.96. The van der Waals surface area contributed by atoms with Crippen LogP contribution in [0, 0.1) is 5.41 Å². The molecule has 1 aliphatic carbocycles. The summed E-state index contributed by atoms with van der Waals surface area (Å²) in [5, 5.41) is 9.21. The Morgan fingerprint density at radius 2 is 1.94 bits per heavy atom. The molecule has 0 unspecified atom stereocenters. The fourth-order valence-corrected chi connectivity index (χ4v) is 1.97. The van der Waals surface area contributed by atoms with E-state index in [-0.39, 0.29) is 0 Å². The first-order chi connectivity index (χ1) is 7.65. The highest BCUT2D eigenvalue weighted by molar-refractivity contribution is 5.48. The molecule has 0 saturated heterocycles. The minimum atomic E-state index is 0.317. The van der Waals surface area contributed by atoms with Crippen molar-refractivity contribution in [1.29, 1.82) is 0 Å². The Morgan fingerprint density at radius 1 is 1.31 bits per heavy atom. The molecular formula is C13H20N2O. The van der Waals surface area contributed by atoms with Crippen LogP contribution in [-0.4, -0.2) is 25.2 Å². The number of benzene rings is 1.